The number of ether oxygens (including phenoxy) is 2. The van der Waals surface area contributed by atoms with Gasteiger partial charge in [-0.25, -0.2) is 9.97 Å². The number of fused-ring (bicyclic) bond motifs is 1. The van der Waals surface area contributed by atoms with Gasteiger partial charge in [-0.05, 0) is 65.2 Å². The van der Waals surface area contributed by atoms with Crippen molar-refractivity contribution in [2.75, 3.05) is 6.61 Å². The average Bonchev–Trinajstić information content (AvgIpc) is 2.90. The molecule has 196 valence electrons. The monoisotopic (exact) mass is 643 g/mol. The number of benzene rings is 2. The first-order valence-corrected chi connectivity index (χ1v) is 13.3. The van der Waals surface area contributed by atoms with E-state index in [0.717, 1.165) is 17.1 Å². The molecule has 0 spiro atoms. The van der Waals surface area contributed by atoms with Crippen molar-refractivity contribution in [1.82, 2.24) is 14.6 Å². The molecule has 0 amide bonds. The van der Waals surface area contributed by atoms with E-state index in [4.69, 9.17) is 14.5 Å². The maximum Gasteiger partial charge on any atom is 0.287 e. The Morgan fingerprint density at radius 1 is 1.18 bits per heavy atom. The van der Waals surface area contributed by atoms with Crippen LogP contribution in [-0.4, -0.2) is 32.4 Å². The van der Waals surface area contributed by atoms with E-state index in [1.807, 2.05) is 32.9 Å². The molecule has 4 aromatic rings. The first-order valence-electron chi connectivity index (χ1n) is 11.7. The predicted octanol–water partition coefficient (Wildman–Crippen LogP) is 6.81. The van der Waals surface area contributed by atoms with Crippen molar-refractivity contribution in [1.29, 1.82) is 0 Å². The number of rotatable bonds is 9. The van der Waals surface area contributed by atoms with Crippen LogP contribution in [0.25, 0.3) is 10.9 Å². The van der Waals surface area contributed by atoms with Crippen LogP contribution < -0.4 is 15.0 Å². The van der Waals surface area contributed by atoms with Gasteiger partial charge in [0.1, 0.15) is 12.0 Å². The van der Waals surface area contributed by atoms with Crippen LogP contribution >= 0.6 is 31.9 Å². The second-order valence-corrected chi connectivity index (χ2v) is 10.0. The second kappa shape index (κ2) is 11.8. The molecule has 0 unspecified atom stereocenters. The summed E-state index contributed by atoms with van der Waals surface area (Å²) in [5.74, 6) is 1.48. The van der Waals surface area contributed by atoms with Crippen LogP contribution in [0.4, 0.5) is 5.69 Å². The Bertz CT molecular complexity index is 1590. The molecular formula is C26H23Br2N5O5. The largest absolute Gasteiger partial charge is 0.490 e. The van der Waals surface area contributed by atoms with E-state index in [-0.39, 0.29) is 23.0 Å². The Kier molecular flexibility index (Phi) is 8.52. The number of hydrogen-bond acceptors (Lipinski definition) is 8. The maximum atomic E-state index is 13.4. The number of hydrogen-bond donors (Lipinski definition) is 0. The van der Waals surface area contributed by atoms with Crippen LogP contribution in [0.15, 0.2) is 67.5 Å². The first-order chi connectivity index (χ1) is 18.2. The topological polar surface area (TPSA) is 122 Å². The van der Waals surface area contributed by atoms with E-state index < -0.39 is 4.92 Å². The lowest BCUT2D eigenvalue weighted by atomic mass is 10.1. The van der Waals surface area contributed by atoms with Gasteiger partial charge < -0.3 is 9.47 Å². The highest BCUT2D eigenvalue weighted by Crippen LogP contribution is 2.39. The first kappa shape index (κ1) is 27.4. The Balaban J connectivity index is 1.74. The summed E-state index contributed by atoms with van der Waals surface area (Å²) in [6.07, 6.45) is 3.46. The SMILES string of the molecule is CCOc1cc(C=Nn2c([C@H](C)CC)nc3ccc(Br)cc3c2=O)cc(Br)c1Oc1ccc([N+](=O)[O-])cn1. The summed E-state index contributed by atoms with van der Waals surface area (Å²) in [6.45, 7) is 6.22. The minimum atomic E-state index is -0.533. The van der Waals surface area contributed by atoms with Gasteiger partial charge in [0.05, 0.1) is 33.1 Å². The third-order valence-electron chi connectivity index (χ3n) is 5.68. The van der Waals surface area contributed by atoms with E-state index >= 15 is 0 Å². The summed E-state index contributed by atoms with van der Waals surface area (Å²) < 4.78 is 14.3. The molecule has 0 saturated carbocycles. The fourth-order valence-corrected chi connectivity index (χ4v) is 4.48. The molecule has 4 rings (SSSR count). The summed E-state index contributed by atoms with van der Waals surface area (Å²) in [7, 11) is 0. The molecule has 10 nitrogen and oxygen atoms in total. The van der Waals surface area contributed by atoms with Crippen molar-refractivity contribution in [3.8, 4) is 17.4 Å². The summed E-state index contributed by atoms with van der Waals surface area (Å²) in [4.78, 5) is 32.5. The minimum absolute atomic E-state index is 0.00333. The second-order valence-electron chi connectivity index (χ2n) is 8.28. The van der Waals surface area contributed by atoms with Gasteiger partial charge in [0.2, 0.25) is 5.88 Å². The summed E-state index contributed by atoms with van der Waals surface area (Å²) in [5, 5.41) is 15.9. The van der Waals surface area contributed by atoms with E-state index in [0.29, 0.717) is 44.9 Å². The lowest BCUT2D eigenvalue weighted by molar-refractivity contribution is -0.385. The number of aromatic nitrogens is 3. The van der Waals surface area contributed by atoms with E-state index in [1.165, 1.54) is 16.8 Å². The molecule has 0 aliphatic heterocycles. The highest BCUT2D eigenvalue weighted by molar-refractivity contribution is 9.10. The Labute approximate surface area is 234 Å². The summed E-state index contributed by atoms with van der Waals surface area (Å²) in [5.41, 5.74) is 0.843. The van der Waals surface area contributed by atoms with E-state index in [2.05, 4.69) is 41.9 Å². The van der Waals surface area contributed by atoms with Crippen molar-refractivity contribution in [2.45, 2.75) is 33.1 Å². The molecule has 0 aliphatic rings. The molecule has 38 heavy (non-hydrogen) atoms. The quantitative estimate of drug-likeness (QED) is 0.111. The molecule has 0 radical (unpaired) electrons. The molecule has 2 aromatic heterocycles. The molecule has 0 bridgehead atoms. The molecule has 0 fully saturated rings. The van der Waals surface area contributed by atoms with Gasteiger partial charge in [-0.15, -0.1) is 0 Å². The number of nitro groups is 1. The standard InChI is InChI=1S/C26H23Br2N5O5/c1-4-15(3)25-31-21-8-6-17(27)12-19(21)26(34)32(25)30-13-16-10-20(28)24(22(11-16)37-5-2)38-23-9-7-18(14-29-23)33(35)36/h6-15H,4-5H2,1-3H3/t15-/m1/s1. The highest BCUT2D eigenvalue weighted by Gasteiger charge is 2.17. The normalized spacial score (nSPS) is 12.1. The zero-order valence-electron chi connectivity index (χ0n) is 20.7. The van der Waals surface area contributed by atoms with E-state index in [1.54, 1.807) is 24.4 Å². The molecule has 1 atom stereocenters. The van der Waals surface area contributed by atoms with Crippen molar-refractivity contribution in [3.05, 3.63) is 89.5 Å². The predicted molar refractivity (Wildman–Crippen MR) is 152 cm³/mol. The van der Waals surface area contributed by atoms with Crippen LogP contribution in [-0.2, 0) is 0 Å². The van der Waals surface area contributed by atoms with Crippen molar-refractivity contribution >= 4 is 54.7 Å². The zero-order chi connectivity index (χ0) is 27.4. The van der Waals surface area contributed by atoms with Crippen LogP contribution in [0, 0.1) is 10.1 Å². The van der Waals surface area contributed by atoms with Gasteiger partial charge >= 0.3 is 0 Å². The Morgan fingerprint density at radius 3 is 2.63 bits per heavy atom. The summed E-state index contributed by atoms with van der Waals surface area (Å²) >= 11 is 6.92. The number of pyridine rings is 1. The van der Waals surface area contributed by atoms with Gasteiger partial charge in [0, 0.05) is 22.5 Å². The Hall–Kier alpha value is -3.64. The fourth-order valence-electron chi connectivity index (χ4n) is 3.57. The lowest BCUT2D eigenvalue weighted by Crippen LogP contribution is -2.23. The number of halogens is 2. The van der Waals surface area contributed by atoms with Gasteiger partial charge in [-0.3, -0.25) is 14.9 Å². The maximum absolute atomic E-state index is 13.4. The smallest absolute Gasteiger partial charge is 0.287 e. The van der Waals surface area contributed by atoms with Crippen LogP contribution in [0.2, 0.25) is 0 Å². The van der Waals surface area contributed by atoms with E-state index in [9.17, 15) is 14.9 Å². The lowest BCUT2D eigenvalue weighted by Gasteiger charge is -2.15. The van der Waals surface area contributed by atoms with Gasteiger partial charge in [0.15, 0.2) is 11.5 Å². The number of nitrogens with zero attached hydrogens (tertiary/aromatic N) is 5. The van der Waals surface area contributed by atoms with Gasteiger partial charge in [-0.1, -0.05) is 29.8 Å². The average molecular weight is 645 g/mol. The fraction of sp³-hybridized carbons (Fsp3) is 0.231. The molecule has 0 aliphatic carbocycles. The van der Waals surface area contributed by atoms with Gasteiger partial charge in [0.25, 0.3) is 11.2 Å². The molecule has 12 heteroatoms. The Morgan fingerprint density at radius 2 is 1.97 bits per heavy atom. The molecule has 2 aromatic carbocycles. The zero-order valence-corrected chi connectivity index (χ0v) is 23.9. The summed E-state index contributed by atoms with van der Waals surface area (Å²) in [6, 6.07) is 11.6. The van der Waals surface area contributed by atoms with Gasteiger partial charge in [-0.2, -0.15) is 9.78 Å². The van der Waals surface area contributed by atoms with Crippen LogP contribution in [0.5, 0.6) is 17.4 Å². The van der Waals surface area contributed by atoms with Crippen molar-refractivity contribution in [2.24, 2.45) is 5.10 Å². The molecule has 0 N–H and O–H groups in total. The van der Waals surface area contributed by atoms with Crippen molar-refractivity contribution < 1.29 is 14.4 Å². The van der Waals surface area contributed by atoms with Crippen LogP contribution in [0.3, 0.4) is 0 Å². The van der Waals surface area contributed by atoms with Crippen LogP contribution in [0.1, 0.15) is 44.5 Å². The highest BCUT2D eigenvalue weighted by atomic mass is 79.9. The molecule has 0 saturated heterocycles. The third-order valence-corrected chi connectivity index (χ3v) is 6.76. The molecular weight excluding hydrogens is 622 g/mol. The third kappa shape index (κ3) is 5.91. The molecule has 2 heterocycles. The van der Waals surface area contributed by atoms with Crippen molar-refractivity contribution in [3.63, 3.8) is 0 Å². The minimum Gasteiger partial charge on any atom is -0.490 e.